The van der Waals surface area contributed by atoms with Gasteiger partial charge in [0.15, 0.2) is 11.4 Å². The Hall–Kier alpha value is -5.08. The van der Waals surface area contributed by atoms with E-state index in [9.17, 15) is 26.3 Å². The van der Waals surface area contributed by atoms with Crippen LogP contribution in [0.25, 0.3) is 33.2 Å². The molecule has 15 heteroatoms. The molecule has 7 nitrogen and oxygen atoms in total. The van der Waals surface area contributed by atoms with Crippen molar-refractivity contribution in [1.82, 2.24) is 29.5 Å². The Balaban J connectivity index is 0.000000177. The average molecular weight is 698 g/mol. The summed E-state index contributed by atoms with van der Waals surface area (Å²) >= 11 is 7.54. The van der Waals surface area contributed by atoms with Crippen molar-refractivity contribution < 1.29 is 26.3 Å². The van der Waals surface area contributed by atoms with Crippen LogP contribution in [-0.4, -0.2) is 35.8 Å². The first-order valence-electron chi connectivity index (χ1n) is 14.0. The summed E-state index contributed by atoms with van der Waals surface area (Å²) < 4.78 is 79.0. The molecule has 0 aliphatic carbocycles. The van der Waals surface area contributed by atoms with Crippen LogP contribution >= 0.6 is 23.4 Å². The van der Waals surface area contributed by atoms with Gasteiger partial charge in [-0.15, -0.1) is 11.8 Å². The van der Waals surface area contributed by atoms with Crippen molar-refractivity contribution >= 4 is 56.7 Å². The maximum Gasteiger partial charge on any atom is 0.435 e. The molecule has 0 amide bonds. The summed E-state index contributed by atoms with van der Waals surface area (Å²) in [7, 11) is 0. The standard InChI is InChI=1S/C20H15F3N4S.C13H7ClF3N3/c1-28-14-8-6-13(7-9-14)24-19-12-17(15-4-2-3-5-16(15)25-19)27-11-10-18(26-27)20(21,22)23;14-12-7-10(8-3-1-2-4-9(8)18-12)20-6-5-11(19-20)13(15,16)17/h2-12H,1H3,(H,24,25);1-7H. The summed E-state index contributed by atoms with van der Waals surface area (Å²) in [4.78, 5) is 9.83. The highest BCUT2D eigenvalue weighted by molar-refractivity contribution is 7.98. The van der Waals surface area contributed by atoms with Crippen LogP contribution in [0.5, 0.6) is 0 Å². The van der Waals surface area contributed by atoms with Gasteiger partial charge >= 0.3 is 12.4 Å². The van der Waals surface area contributed by atoms with Gasteiger partial charge in [-0.05, 0) is 54.8 Å². The molecule has 0 aliphatic heterocycles. The Morgan fingerprint density at radius 2 is 1.15 bits per heavy atom. The van der Waals surface area contributed by atoms with Gasteiger partial charge in [-0.2, -0.15) is 36.5 Å². The normalized spacial score (nSPS) is 11.8. The van der Waals surface area contributed by atoms with Crippen molar-refractivity contribution in [2.45, 2.75) is 17.2 Å². The second kappa shape index (κ2) is 13.2. The van der Waals surface area contributed by atoms with Gasteiger partial charge in [0.25, 0.3) is 0 Å². The molecule has 244 valence electrons. The number of rotatable bonds is 5. The molecule has 0 spiro atoms. The number of nitrogens with zero attached hydrogens (tertiary/aromatic N) is 6. The summed E-state index contributed by atoms with van der Waals surface area (Å²) in [5.74, 6) is 0.523. The Morgan fingerprint density at radius 1 is 0.646 bits per heavy atom. The predicted octanol–water partition coefficient (Wildman–Crippen LogP) is 10.00. The van der Waals surface area contributed by atoms with Gasteiger partial charge in [-0.25, -0.2) is 19.3 Å². The van der Waals surface area contributed by atoms with Crippen molar-refractivity contribution in [3.8, 4) is 11.4 Å². The number of fused-ring (bicyclic) bond motifs is 2. The Morgan fingerprint density at radius 3 is 1.65 bits per heavy atom. The number of benzene rings is 3. The van der Waals surface area contributed by atoms with E-state index in [0.717, 1.165) is 27.4 Å². The highest BCUT2D eigenvalue weighted by Crippen LogP contribution is 2.32. The molecule has 0 fully saturated rings. The topological polar surface area (TPSA) is 73.5 Å². The molecule has 4 heterocycles. The summed E-state index contributed by atoms with van der Waals surface area (Å²) in [6.45, 7) is 0. The number of aromatic nitrogens is 6. The number of halogens is 7. The minimum Gasteiger partial charge on any atom is -0.340 e. The summed E-state index contributed by atoms with van der Waals surface area (Å²) in [5.41, 5.74) is 1.18. The number of para-hydroxylation sites is 2. The molecule has 1 N–H and O–H groups in total. The van der Waals surface area contributed by atoms with Crippen LogP contribution in [0.1, 0.15) is 11.4 Å². The van der Waals surface area contributed by atoms with Crippen molar-refractivity contribution in [2.75, 3.05) is 11.6 Å². The molecule has 4 aromatic heterocycles. The lowest BCUT2D eigenvalue weighted by molar-refractivity contribution is -0.142. The Bertz CT molecular complexity index is 2210. The fourth-order valence-corrected chi connectivity index (χ4v) is 5.37. The lowest BCUT2D eigenvalue weighted by Gasteiger charge is -2.12. The first-order valence-corrected chi connectivity index (χ1v) is 15.6. The second-order valence-corrected chi connectivity index (χ2v) is 11.4. The first-order chi connectivity index (χ1) is 22.9. The smallest absolute Gasteiger partial charge is 0.340 e. The zero-order valence-electron chi connectivity index (χ0n) is 24.6. The molecule has 0 bridgehead atoms. The SMILES string of the molecule is CSc1ccc(Nc2cc(-n3ccc(C(F)(F)F)n3)c3ccccc3n2)cc1.FC(F)(F)c1ccn(-c2cc(Cl)nc3ccccc23)n1. The van der Waals surface area contributed by atoms with Crippen LogP contribution in [-0.2, 0) is 12.4 Å². The average Bonchev–Trinajstić information content (AvgIpc) is 3.76. The number of pyridine rings is 2. The Kier molecular flexibility index (Phi) is 9.03. The van der Waals surface area contributed by atoms with Crippen LogP contribution in [0.4, 0.5) is 37.8 Å². The summed E-state index contributed by atoms with van der Waals surface area (Å²) in [6.07, 6.45) is -4.41. The molecular weight excluding hydrogens is 676 g/mol. The van der Waals surface area contributed by atoms with Crippen molar-refractivity contribution in [3.05, 3.63) is 126 Å². The van der Waals surface area contributed by atoms with Gasteiger partial charge in [-0.1, -0.05) is 48.0 Å². The summed E-state index contributed by atoms with van der Waals surface area (Å²) in [5, 5.41) is 12.0. The number of hydrogen-bond donors (Lipinski definition) is 1. The maximum atomic E-state index is 13.0. The van der Waals surface area contributed by atoms with E-state index < -0.39 is 23.7 Å². The van der Waals surface area contributed by atoms with Crippen LogP contribution in [0.2, 0.25) is 5.15 Å². The fourth-order valence-electron chi connectivity index (χ4n) is 4.77. The lowest BCUT2D eigenvalue weighted by Crippen LogP contribution is -2.07. The molecule has 48 heavy (non-hydrogen) atoms. The summed E-state index contributed by atoms with van der Waals surface area (Å²) in [6, 6.07) is 27.2. The zero-order chi connectivity index (χ0) is 34.1. The predicted molar refractivity (Wildman–Crippen MR) is 174 cm³/mol. The number of nitrogens with one attached hydrogen (secondary N) is 1. The van der Waals surface area contributed by atoms with E-state index in [2.05, 4.69) is 25.5 Å². The number of thioether (sulfide) groups is 1. The molecule has 0 unspecified atom stereocenters. The number of hydrogen-bond acceptors (Lipinski definition) is 6. The Labute approximate surface area is 278 Å². The first kappa shape index (κ1) is 32.8. The van der Waals surface area contributed by atoms with Crippen molar-refractivity contribution in [3.63, 3.8) is 0 Å². The highest BCUT2D eigenvalue weighted by Gasteiger charge is 2.34. The molecule has 3 aromatic carbocycles. The maximum absolute atomic E-state index is 13.0. The largest absolute Gasteiger partial charge is 0.435 e. The zero-order valence-corrected chi connectivity index (χ0v) is 26.2. The molecule has 7 rings (SSSR count). The third-order valence-electron chi connectivity index (χ3n) is 6.97. The minimum atomic E-state index is -4.49. The van der Waals surface area contributed by atoms with E-state index in [0.29, 0.717) is 39.0 Å². The van der Waals surface area contributed by atoms with Gasteiger partial charge in [0, 0.05) is 45.9 Å². The quantitative estimate of drug-likeness (QED) is 0.110. The highest BCUT2D eigenvalue weighted by atomic mass is 35.5. The van der Waals surface area contributed by atoms with Gasteiger partial charge in [0.1, 0.15) is 11.0 Å². The fraction of sp³-hybridized carbons (Fsp3) is 0.0909. The molecule has 0 saturated heterocycles. The van der Waals surface area contributed by atoms with E-state index in [1.807, 2.05) is 54.8 Å². The van der Waals surface area contributed by atoms with E-state index in [-0.39, 0.29) is 5.15 Å². The van der Waals surface area contributed by atoms with Gasteiger partial charge < -0.3 is 5.32 Å². The van der Waals surface area contributed by atoms with Crippen LogP contribution in [0.3, 0.4) is 0 Å². The lowest BCUT2D eigenvalue weighted by atomic mass is 10.2. The van der Waals surface area contributed by atoms with Gasteiger partial charge in [-0.3, -0.25) is 0 Å². The van der Waals surface area contributed by atoms with E-state index in [4.69, 9.17) is 11.6 Å². The molecular formula is C33H22ClF6N7S. The van der Waals surface area contributed by atoms with E-state index in [1.54, 1.807) is 42.1 Å². The molecule has 0 saturated carbocycles. The molecule has 7 aromatic rings. The molecule has 0 radical (unpaired) electrons. The molecule has 0 atom stereocenters. The number of alkyl halides is 6. The second-order valence-electron chi connectivity index (χ2n) is 10.2. The van der Waals surface area contributed by atoms with Crippen molar-refractivity contribution in [1.29, 1.82) is 0 Å². The molecule has 0 aliphatic rings. The monoisotopic (exact) mass is 697 g/mol. The minimum absolute atomic E-state index is 0.197. The van der Waals surface area contributed by atoms with Gasteiger partial charge in [0.2, 0.25) is 0 Å². The van der Waals surface area contributed by atoms with E-state index >= 15 is 0 Å². The third-order valence-corrected chi connectivity index (χ3v) is 7.91. The van der Waals surface area contributed by atoms with Gasteiger partial charge in [0.05, 0.1) is 22.4 Å². The van der Waals surface area contributed by atoms with Crippen molar-refractivity contribution in [2.24, 2.45) is 0 Å². The number of anilines is 2. The van der Waals surface area contributed by atoms with E-state index in [1.165, 1.54) is 23.1 Å². The third kappa shape index (κ3) is 7.24. The van der Waals surface area contributed by atoms with Crippen LogP contribution < -0.4 is 5.32 Å². The van der Waals surface area contributed by atoms with Crippen LogP contribution in [0, 0.1) is 0 Å². The van der Waals surface area contributed by atoms with Crippen LogP contribution in [0.15, 0.2) is 114 Å².